The van der Waals surface area contributed by atoms with Crippen LogP contribution in [-0.4, -0.2) is 6.26 Å². The van der Waals surface area contributed by atoms with Crippen molar-refractivity contribution in [2.24, 2.45) is 0 Å². The molecule has 1 rings (SSSR count). The molecule has 0 atom stereocenters. The van der Waals surface area contributed by atoms with Crippen LogP contribution in [-0.2, 0) is 6.42 Å². The number of hydrogen-bond acceptors (Lipinski definition) is 1. The van der Waals surface area contributed by atoms with E-state index < -0.39 is 0 Å². The SMILES string of the molecule is [C]#CCCc1ccc(SC)cc1. The van der Waals surface area contributed by atoms with E-state index in [1.165, 1.54) is 10.5 Å². The molecule has 1 radical (unpaired) electrons. The van der Waals surface area contributed by atoms with Crippen LogP contribution >= 0.6 is 11.8 Å². The minimum Gasteiger partial charge on any atom is -0.130 e. The largest absolute Gasteiger partial charge is 0.130 e. The first-order valence-electron chi connectivity index (χ1n) is 3.89. The van der Waals surface area contributed by atoms with Gasteiger partial charge in [-0.3, -0.25) is 0 Å². The highest BCUT2D eigenvalue weighted by molar-refractivity contribution is 7.98. The number of rotatable bonds is 3. The van der Waals surface area contributed by atoms with E-state index in [0.717, 1.165) is 12.8 Å². The maximum Gasteiger partial charge on any atom is 0.0139 e. The molecule has 12 heavy (non-hydrogen) atoms. The third-order valence-corrected chi connectivity index (χ3v) is 2.44. The van der Waals surface area contributed by atoms with Gasteiger partial charge < -0.3 is 0 Å². The number of hydrogen-bond donors (Lipinski definition) is 0. The van der Waals surface area contributed by atoms with Gasteiger partial charge in [0, 0.05) is 11.3 Å². The van der Waals surface area contributed by atoms with Gasteiger partial charge in [0.1, 0.15) is 0 Å². The van der Waals surface area contributed by atoms with Crippen LogP contribution in [0.2, 0.25) is 0 Å². The average Bonchev–Trinajstić information content (AvgIpc) is 2.15. The van der Waals surface area contributed by atoms with Gasteiger partial charge in [-0.1, -0.05) is 18.1 Å². The van der Waals surface area contributed by atoms with Crippen LogP contribution in [0, 0.1) is 12.3 Å². The Labute approximate surface area is 78.4 Å². The van der Waals surface area contributed by atoms with Gasteiger partial charge in [-0.05, 0) is 36.8 Å². The van der Waals surface area contributed by atoms with E-state index in [4.69, 9.17) is 6.42 Å². The van der Waals surface area contributed by atoms with Crippen LogP contribution in [0.5, 0.6) is 0 Å². The van der Waals surface area contributed by atoms with Crippen molar-refractivity contribution in [3.63, 3.8) is 0 Å². The van der Waals surface area contributed by atoms with Gasteiger partial charge in [0.2, 0.25) is 0 Å². The Kier molecular flexibility index (Phi) is 3.76. The summed E-state index contributed by atoms with van der Waals surface area (Å²) in [6.45, 7) is 0. The summed E-state index contributed by atoms with van der Waals surface area (Å²) >= 11 is 1.75. The molecule has 0 fully saturated rings. The van der Waals surface area contributed by atoms with Gasteiger partial charge >= 0.3 is 0 Å². The molecule has 0 aliphatic rings. The highest BCUT2D eigenvalue weighted by Gasteiger charge is 1.91. The molecule has 0 amide bonds. The van der Waals surface area contributed by atoms with E-state index in [2.05, 4.69) is 36.4 Å². The van der Waals surface area contributed by atoms with E-state index in [-0.39, 0.29) is 0 Å². The van der Waals surface area contributed by atoms with Crippen molar-refractivity contribution in [3.05, 3.63) is 36.3 Å². The summed E-state index contributed by atoms with van der Waals surface area (Å²) < 4.78 is 0. The van der Waals surface area contributed by atoms with Gasteiger partial charge in [0.15, 0.2) is 0 Å². The first kappa shape index (κ1) is 9.22. The summed E-state index contributed by atoms with van der Waals surface area (Å²) in [7, 11) is 0. The lowest BCUT2D eigenvalue weighted by Crippen LogP contribution is -1.82. The summed E-state index contributed by atoms with van der Waals surface area (Å²) in [5.74, 6) is 2.39. The Bertz CT molecular complexity index is 266. The molecule has 1 heteroatoms. The molecule has 0 aliphatic carbocycles. The van der Waals surface area contributed by atoms with Crippen LogP contribution in [0.3, 0.4) is 0 Å². The second kappa shape index (κ2) is 4.90. The van der Waals surface area contributed by atoms with Crippen molar-refractivity contribution in [1.29, 1.82) is 0 Å². The van der Waals surface area contributed by atoms with Crippen LogP contribution in [0.4, 0.5) is 0 Å². The topological polar surface area (TPSA) is 0 Å². The fourth-order valence-electron chi connectivity index (χ4n) is 0.999. The normalized spacial score (nSPS) is 9.33. The Morgan fingerprint density at radius 2 is 2.00 bits per heavy atom. The lowest BCUT2D eigenvalue weighted by Gasteiger charge is -1.98. The monoisotopic (exact) mass is 175 g/mol. The Hall–Kier alpha value is -0.870. The van der Waals surface area contributed by atoms with Gasteiger partial charge in [0.05, 0.1) is 0 Å². The minimum absolute atomic E-state index is 0.721. The Morgan fingerprint density at radius 3 is 2.50 bits per heavy atom. The Morgan fingerprint density at radius 1 is 1.33 bits per heavy atom. The number of benzene rings is 1. The zero-order valence-electron chi connectivity index (χ0n) is 7.13. The molecule has 1 aromatic rings. The first-order valence-corrected chi connectivity index (χ1v) is 5.12. The van der Waals surface area contributed by atoms with E-state index in [1.807, 2.05) is 0 Å². The molecular formula is C11H11S. The highest BCUT2D eigenvalue weighted by atomic mass is 32.2. The molecule has 1 aromatic carbocycles. The van der Waals surface area contributed by atoms with E-state index in [9.17, 15) is 0 Å². The fourth-order valence-corrected chi connectivity index (χ4v) is 1.41. The standard InChI is InChI=1S/C11H11S/c1-3-4-5-10-6-8-11(12-2)9-7-10/h6-9H,4-5H2,2H3. The second-order valence-corrected chi connectivity index (χ2v) is 3.40. The highest BCUT2D eigenvalue weighted by Crippen LogP contribution is 2.15. The average molecular weight is 175 g/mol. The molecule has 0 aromatic heterocycles. The molecular weight excluding hydrogens is 164 g/mol. The quantitative estimate of drug-likeness (QED) is 0.503. The predicted molar refractivity (Wildman–Crippen MR) is 53.7 cm³/mol. The molecule has 0 heterocycles. The van der Waals surface area contributed by atoms with E-state index in [0.29, 0.717) is 0 Å². The minimum atomic E-state index is 0.721. The van der Waals surface area contributed by atoms with E-state index in [1.54, 1.807) is 11.8 Å². The van der Waals surface area contributed by atoms with Crippen molar-refractivity contribution < 1.29 is 0 Å². The smallest absolute Gasteiger partial charge is 0.0139 e. The number of thioether (sulfide) groups is 1. The van der Waals surface area contributed by atoms with Gasteiger partial charge in [-0.15, -0.1) is 11.8 Å². The molecule has 0 spiro atoms. The molecule has 0 unspecified atom stereocenters. The number of aryl methyl sites for hydroxylation is 1. The predicted octanol–water partition coefficient (Wildman–Crippen LogP) is 2.93. The van der Waals surface area contributed by atoms with Crippen LogP contribution < -0.4 is 0 Å². The Balaban J connectivity index is 2.60. The summed E-state index contributed by atoms with van der Waals surface area (Å²) in [5.41, 5.74) is 1.28. The molecule has 0 saturated carbocycles. The maximum absolute atomic E-state index is 6.78. The zero-order valence-corrected chi connectivity index (χ0v) is 7.95. The van der Waals surface area contributed by atoms with Crippen LogP contribution in [0.1, 0.15) is 12.0 Å². The summed E-state index contributed by atoms with van der Waals surface area (Å²) in [5, 5.41) is 0. The van der Waals surface area contributed by atoms with Gasteiger partial charge in [-0.2, -0.15) is 0 Å². The third kappa shape index (κ3) is 2.64. The van der Waals surface area contributed by atoms with Crippen molar-refractivity contribution >= 4 is 11.8 Å². The second-order valence-electron chi connectivity index (χ2n) is 2.52. The molecule has 0 nitrogen and oxygen atoms in total. The molecule has 61 valence electrons. The van der Waals surface area contributed by atoms with Crippen LogP contribution in [0.15, 0.2) is 29.2 Å². The zero-order chi connectivity index (χ0) is 8.81. The van der Waals surface area contributed by atoms with Gasteiger partial charge in [-0.25, -0.2) is 0 Å². The van der Waals surface area contributed by atoms with Crippen LogP contribution in [0.25, 0.3) is 0 Å². The van der Waals surface area contributed by atoms with Gasteiger partial charge in [0.25, 0.3) is 0 Å². The molecule has 0 aliphatic heterocycles. The lowest BCUT2D eigenvalue weighted by molar-refractivity contribution is 1.02. The van der Waals surface area contributed by atoms with Crippen molar-refractivity contribution in [2.75, 3.05) is 6.26 Å². The molecule has 0 bridgehead atoms. The third-order valence-electron chi connectivity index (χ3n) is 1.70. The summed E-state index contributed by atoms with van der Waals surface area (Å²) in [4.78, 5) is 1.29. The lowest BCUT2D eigenvalue weighted by atomic mass is 10.1. The summed E-state index contributed by atoms with van der Waals surface area (Å²) in [6, 6.07) is 8.46. The fraction of sp³-hybridized carbons (Fsp3) is 0.273. The van der Waals surface area contributed by atoms with Crippen molar-refractivity contribution in [1.82, 2.24) is 0 Å². The molecule has 0 saturated heterocycles. The van der Waals surface area contributed by atoms with E-state index >= 15 is 0 Å². The summed E-state index contributed by atoms with van der Waals surface area (Å²) in [6.07, 6.45) is 10.5. The van der Waals surface area contributed by atoms with Crippen molar-refractivity contribution in [3.8, 4) is 5.92 Å². The first-order chi connectivity index (χ1) is 5.86. The maximum atomic E-state index is 6.78. The van der Waals surface area contributed by atoms with Crippen molar-refractivity contribution in [2.45, 2.75) is 17.7 Å². The molecule has 0 N–H and O–H groups in total.